The van der Waals surface area contributed by atoms with Crippen molar-refractivity contribution >= 4 is 23.9 Å². The van der Waals surface area contributed by atoms with E-state index in [2.05, 4.69) is 71.2 Å². The molecular weight excluding hydrogens is 879 g/mol. The van der Waals surface area contributed by atoms with Crippen LogP contribution in [0.1, 0.15) is 176 Å². The van der Waals surface area contributed by atoms with Gasteiger partial charge in [0.1, 0.15) is 40.2 Å². The van der Waals surface area contributed by atoms with Crippen LogP contribution >= 0.6 is 0 Å². The zero-order valence-corrected chi connectivity index (χ0v) is 42.4. The Morgan fingerprint density at radius 3 is 1.83 bits per heavy atom. The second-order valence-corrected chi connectivity index (χ2v) is 20.9. The van der Waals surface area contributed by atoms with Gasteiger partial charge in [-0.05, 0) is 146 Å². The highest BCUT2D eigenvalue weighted by molar-refractivity contribution is 6.02. The van der Waals surface area contributed by atoms with E-state index in [4.69, 9.17) is 14.2 Å². The van der Waals surface area contributed by atoms with Gasteiger partial charge in [-0.3, -0.25) is 9.59 Å². The van der Waals surface area contributed by atoms with E-state index in [-0.39, 0.29) is 74.3 Å². The molecule has 14 nitrogen and oxygen atoms in total. The van der Waals surface area contributed by atoms with Gasteiger partial charge in [-0.2, -0.15) is 0 Å². The third-order valence-corrected chi connectivity index (χ3v) is 14.1. The van der Waals surface area contributed by atoms with Gasteiger partial charge in [0.05, 0.1) is 36.4 Å². The fourth-order valence-electron chi connectivity index (χ4n) is 9.84. The lowest BCUT2D eigenvalue weighted by Crippen LogP contribution is -2.49. The van der Waals surface area contributed by atoms with E-state index in [9.17, 15) is 39.6 Å². The first-order chi connectivity index (χ1) is 32.5. The highest BCUT2D eigenvalue weighted by Crippen LogP contribution is 2.49. The Morgan fingerprint density at radius 1 is 0.768 bits per heavy atom. The number of hydrogen-bond acceptors (Lipinski definition) is 10. The molecule has 4 aliphatic heterocycles. The molecule has 0 saturated heterocycles. The number of fused-ring (bicyclic) bond motifs is 6. The van der Waals surface area contributed by atoms with Crippen LogP contribution in [0.5, 0.6) is 23.0 Å². The molecule has 0 unspecified atom stereocenters. The normalized spacial score (nSPS) is 22.3. The topological polar surface area (TPSA) is 195 Å². The molecule has 4 aliphatic rings. The van der Waals surface area contributed by atoms with Gasteiger partial charge >= 0.3 is 12.1 Å². The number of aliphatic hydroxyl groups excluding tert-OH is 2. The monoisotopic (exact) mass is 954 g/mol. The van der Waals surface area contributed by atoms with Gasteiger partial charge < -0.3 is 49.8 Å². The number of ether oxygens (including phenoxy) is 3. The van der Waals surface area contributed by atoms with Crippen LogP contribution in [-0.2, 0) is 30.7 Å². The highest BCUT2D eigenvalue weighted by atomic mass is 16.6. The first kappa shape index (κ1) is 52.8. The van der Waals surface area contributed by atoms with Crippen molar-refractivity contribution in [3.63, 3.8) is 0 Å². The lowest BCUT2D eigenvalue weighted by molar-refractivity contribution is -0.142. The summed E-state index contributed by atoms with van der Waals surface area (Å²) in [5, 5.41) is 47.3. The average molecular weight is 954 g/mol. The number of carboxylic acid groups (broad SMARTS) is 1. The second-order valence-electron chi connectivity index (χ2n) is 20.9. The minimum atomic E-state index is -1.28. The summed E-state index contributed by atoms with van der Waals surface area (Å²) in [6.07, 6.45) is 12.7. The maximum atomic E-state index is 14.3. The summed E-state index contributed by atoms with van der Waals surface area (Å²) < 4.78 is 19.0. The molecule has 0 fully saturated rings. The molecule has 0 aliphatic carbocycles. The largest absolute Gasteiger partial charge is 0.508 e. The molecule has 5 N–H and O–H groups in total. The van der Waals surface area contributed by atoms with Crippen molar-refractivity contribution in [3.05, 3.63) is 92.1 Å². The molecule has 4 heterocycles. The number of aromatic hydroxyl groups is 1. The van der Waals surface area contributed by atoms with E-state index < -0.39 is 47.4 Å². The van der Waals surface area contributed by atoms with Crippen LogP contribution in [0.2, 0.25) is 0 Å². The molecule has 3 amide bonds. The van der Waals surface area contributed by atoms with Gasteiger partial charge in [-0.25, -0.2) is 9.59 Å². The molecule has 0 spiro atoms. The predicted octanol–water partition coefficient (Wildman–Crippen LogP) is 9.79. The number of aliphatic hydroxyl groups is 2. The molecule has 6 rings (SSSR count). The van der Waals surface area contributed by atoms with Crippen LogP contribution < -0.4 is 19.5 Å². The van der Waals surface area contributed by atoms with Crippen molar-refractivity contribution in [2.45, 2.75) is 195 Å². The highest BCUT2D eigenvalue weighted by Gasteiger charge is 2.47. The van der Waals surface area contributed by atoms with Gasteiger partial charge in [0.15, 0.2) is 0 Å². The smallest absolute Gasteiger partial charge is 0.412 e. The Bertz CT molecular complexity index is 2430. The van der Waals surface area contributed by atoms with Gasteiger partial charge in [0, 0.05) is 47.7 Å². The van der Waals surface area contributed by atoms with Crippen molar-refractivity contribution in [2.75, 3.05) is 6.54 Å². The van der Waals surface area contributed by atoms with Crippen LogP contribution in [0.4, 0.5) is 4.79 Å². The minimum Gasteiger partial charge on any atom is -0.508 e. The molecule has 0 radical (unpaired) electrons. The number of hydrogen-bond donors (Lipinski definition) is 5. The number of carbonyl (C=O) groups excluding carboxylic acids is 3. The lowest BCUT2D eigenvalue weighted by atomic mass is 9.84. The Kier molecular flexibility index (Phi) is 16.8. The SMILES string of the molecule is CC(C)=CCC/C(C)=C/CC[C@@]1(C)Oc2c(c(O)cc3c2CN(CCC[C@@H](C(=O)O)N2Cc4c(cc(OC(=O)NC(C)C)c5c4O[C@](C)(CC/C=C(\C)CCC=C(C)C)[C@@H](O)C5)C2=O)C3=O)C[C@@H]1O. The maximum Gasteiger partial charge on any atom is 0.412 e. The fraction of sp³-hybridized carbons (Fsp3) is 0.564. The summed E-state index contributed by atoms with van der Waals surface area (Å²) >= 11 is 0. The number of aliphatic carboxylic acids is 1. The summed E-state index contributed by atoms with van der Waals surface area (Å²) in [4.78, 5) is 57.1. The van der Waals surface area contributed by atoms with Gasteiger partial charge in [0.25, 0.3) is 11.8 Å². The number of benzene rings is 2. The van der Waals surface area contributed by atoms with Crippen LogP contribution in [0.15, 0.2) is 58.7 Å². The summed E-state index contributed by atoms with van der Waals surface area (Å²) in [6.45, 7) is 20.0. The van der Waals surface area contributed by atoms with Crippen molar-refractivity contribution in [1.29, 1.82) is 0 Å². The quantitative estimate of drug-likeness (QED) is 0.0793. The number of nitrogens with one attached hydrogen (secondary N) is 1. The molecule has 0 aromatic heterocycles. The van der Waals surface area contributed by atoms with Crippen molar-refractivity contribution < 1.29 is 53.8 Å². The van der Waals surface area contributed by atoms with Crippen LogP contribution in [0.3, 0.4) is 0 Å². The van der Waals surface area contributed by atoms with Crippen molar-refractivity contribution in [1.82, 2.24) is 15.1 Å². The molecule has 14 heteroatoms. The van der Waals surface area contributed by atoms with Crippen molar-refractivity contribution in [2.24, 2.45) is 0 Å². The zero-order valence-electron chi connectivity index (χ0n) is 42.4. The molecule has 2 aromatic rings. The number of allylic oxidation sites excluding steroid dienone is 8. The molecule has 69 heavy (non-hydrogen) atoms. The average Bonchev–Trinajstić information content (AvgIpc) is 3.74. The van der Waals surface area contributed by atoms with Crippen LogP contribution in [-0.4, -0.2) is 96.1 Å². The van der Waals surface area contributed by atoms with Crippen molar-refractivity contribution in [3.8, 4) is 23.0 Å². The number of nitrogens with zero attached hydrogens (tertiary/aromatic N) is 2. The van der Waals surface area contributed by atoms with Gasteiger partial charge in [-0.1, -0.05) is 46.6 Å². The lowest BCUT2D eigenvalue weighted by Gasteiger charge is -2.41. The van der Waals surface area contributed by atoms with E-state index in [1.807, 2.05) is 13.8 Å². The number of carbonyl (C=O) groups is 4. The van der Waals surface area contributed by atoms with E-state index in [1.54, 1.807) is 18.7 Å². The Hall–Kier alpha value is -5.60. The Morgan fingerprint density at radius 2 is 1.29 bits per heavy atom. The third kappa shape index (κ3) is 12.2. The molecule has 376 valence electrons. The number of phenols is 1. The van der Waals surface area contributed by atoms with Crippen LogP contribution in [0, 0.1) is 0 Å². The molecule has 0 saturated carbocycles. The molecular formula is C55H75N3O11. The molecule has 2 aromatic carbocycles. The first-order valence-corrected chi connectivity index (χ1v) is 24.7. The zero-order chi connectivity index (χ0) is 50.5. The first-order valence-electron chi connectivity index (χ1n) is 24.7. The minimum absolute atomic E-state index is 0.0134. The molecule has 0 bridgehead atoms. The predicted molar refractivity (Wildman–Crippen MR) is 265 cm³/mol. The summed E-state index contributed by atoms with van der Waals surface area (Å²) in [6, 6.07) is 1.35. The standard InChI is InChI=1S/C55H75N3O11/c1-32(2)16-11-18-35(7)20-13-23-54(9)46(60)28-39-44(59)26-37-41(48(39)68-54)30-57(50(37)62)25-15-22-43(52(64)65)58-31-42-38(51(58)63)27-45(67-53(66)56-34(5)6)40-29-47(61)55(10,69-49(40)42)24-14-21-36(8)19-12-17-33(3)4/h16-17,20-21,26-27,34,43,46-47,59-61H,11-15,18-19,22-25,28-31H2,1-10H3,(H,56,66)(H,64,65)/b35-20+,36-21+/t43-,46-,47-,54+,55+/m0/s1. The number of amides is 3. The summed E-state index contributed by atoms with van der Waals surface area (Å²) in [7, 11) is 0. The Labute approximate surface area is 408 Å². The van der Waals surface area contributed by atoms with Crippen LogP contribution in [0.25, 0.3) is 0 Å². The summed E-state index contributed by atoms with van der Waals surface area (Å²) in [5.41, 5.74) is 5.39. The Balaban J connectivity index is 1.17. The van der Waals surface area contributed by atoms with E-state index in [0.717, 1.165) is 25.7 Å². The van der Waals surface area contributed by atoms with Gasteiger partial charge in [0.2, 0.25) is 0 Å². The third-order valence-electron chi connectivity index (χ3n) is 14.1. The number of carboxylic acids is 1. The van der Waals surface area contributed by atoms with E-state index in [0.29, 0.717) is 65.0 Å². The molecule has 5 atom stereocenters. The maximum absolute atomic E-state index is 14.3. The number of rotatable bonds is 20. The summed E-state index contributed by atoms with van der Waals surface area (Å²) in [5.74, 6) is -1.48. The van der Waals surface area contributed by atoms with E-state index >= 15 is 0 Å². The fourth-order valence-corrected chi connectivity index (χ4v) is 9.84. The number of phenolic OH excluding ortho intramolecular Hbond substituents is 1. The van der Waals surface area contributed by atoms with Gasteiger partial charge in [-0.15, -0.1) is 0 Å². The second kappa shape index (κ2) is 22.0. The van der Waals surface area contributed by atoms with E-state index in [1.165, 1.54) is 39.3 Å².